The number of cyclic esters (lactones) is 1. The molecule has 0 saturated carbocycles. The Morgan fingerprint density at radius 2 is 2.00 bits per heavy atom. The lowest BCUT2D eigenvalue weighted by molar-refractivity contribution is -0.123. The van der Waals surface area contributed by atoms with Gasteiger partial charge < -0.3 is 10.5 Å². The van der Waals surface area contributed by atoms with Crippen molar-refractivity contribution in [3.05, 3.63) is 29.8 Å². The lowest BCUT2D eigenvalue weighted by Crippen LogP contribution is -2.20. The number of alkyl carbamates (subject to hydrolysis) is 1. The van der Waals surface area contributed by atoms with Gasteiger partial charge in [0, 0.05) is 11.3 Å². The van der Waals surface area contributed by atoms with Gasteiger partial charge in [0.15, 0.2) is 0 Å². The van der Waals surface area contributed by atoms with Crippen LogP contribution in [0.4, 0.5) is 10.5 Å². The van der Waals surface area contributed by atoms with Crippen molar-refractivity contribution >= 4 is 17.7 Å². The zero-order valence-electron chi connectivity index (χ0n) is 7.19. The molecule has 3 N–H and O–H groups in total. The summed E-state index contributed by atoms with van der Waals surface area (Å²) in [6.07, 6.45) is -1.65. The van der Waals surface area contributed by atoms with Crippen LogP contribution in [0.25, 0.3) is 0 Å². The van der Waals surface area contributed by atoms with Crippen molar-refractivity contribution in [3.8, 4) is 0 Å². The Kier molecular flexibility index (Phi) is 1.85. The van der Waals surface area contributed by atoms with E-state index in [1.165, 1.54) is 0 Å². The fourth-order valence-electron chi connectivity index (χ4n) is 1.31. The minimum absolute atomic E-state index is 0.433. The number of ether oxygens (including phenoxy) is 1. The molecule has 0 spiro atoms. The molecular weight excluding hydrogens is 184 g/mol. The summed E-state index contributed by atoms with van der Waals surface area (Å²) in [4.78, 5) is 22.0. The number of imide groups is 1. The molecule has 2 amide bonds. The average molecular weight is 192 g/mol. The summed E-state index contributed by atoms with van der Waals surface area (Å²) >= 11 is 0. The normalized spacial score (nSPS) is 20.4. The summed E-state index contributed by atoms with van der Waals surface area (Å²) in [6, 6.07) is 6.77. The minimum Gasteiger partial charge on any atom is -0.431 e. The molecule has 1 heterocycles. The molecule has 1 unspecified atom stereocenters. The second-order valence-corrected chi connectivity index (χ2v) is 2.90. The lowest BCUT2D eigenvalue weighted by Gasteiger charge is -2.08. The highest BCUT2D eigenvalue weighted by Crippen LogP contribution is 2.26. The van der Waals surface area contributed by atoms with E-state index >= 15 is 0 Å². The Bertz CT molecular complexity index is 403. The first-order chi connectivity index (χ1) is 6.68. The quantitative estimate of drug-likeness (QED) is 0.637. The van der Waals surface area contributed by atoms with E-state index in [1.807, 2.05) is 5.32 Å². The number of nitrogens with one attached hydrogen (secondary N) is 1. The monoisotopic (exact) mass is 192 g/mol. The number of amides is 2. The number of rotatable bonds is 1. The molecule has 5 heteroatoms. The molecule has 1 atom stereocenters. The van der Waals surface area contributed by atoms with Crippen LogP contribution >= 0.6 is 0 Å². The van der Waals surface area contributed by atoms with Crippen LogP contribution in [0, 0.1) is 0 Å². The third-order valence-electron chi connectivity index (χ3n) is 1.97. The molecule has 72 valence electrons. The molecule has 0 bridgehead atoms. The summed E-state index contributed by atoms with van der Waals surface area (Å²) in [5, 5.41) is 2.04. The first-order valence-electron chi connectivity index (χ1n) is 4.04. The number of carbonyl (C=O) groups excluding carboxylic acids is 2. The fraction of sp³-hybridized carbons (Fsp3) is 0.111. The zero-order chi connectivity index (χ0) is 10.1. The molecule has 14 heavy (non-hydrogen) atoms. The van der Waals surface area contributed by atoms with Gasteiger partial charge in [-0.3, -0.25) is 10.1 Å². The molecule has 0 aliphatic carbocycles. The summed E-state index contributed by atoms with van der Waals surface area (Å²) in [7, 11) is 0. The highest BCUT2D eigenvalue weighted by Gasteiger charge is 2.34. The van der Waals surface area contributed by atoms with Crippen LogP contribution in [0.3, 0.4) is 0 Å². The SMILES string of the molecule is Nc1ccccc1C1OC(=O)NC1=O. The van der Waals surface area contributed by atoms with Gasteiger partial charge in [0.2, 0.25) is 6.10 Å². The second-order valence-electron chi connectivity index (χ2n) is 2.90. The van der Waals surface area contributed by atoms with Crippen LogP contribution in [-0.4, -0.2) is 12.0 Å². The lowest BCUT2D eigenvalue weighted by atomic mass is 10.1. The van der Waals surface area contributed by atoms with Crippen LogP contribution < -0.4 is 11.1 Å². The molecule has 5 nitrogen and oxygen atoms in total. The van der Waals surface area contributed by atoms with Gasteiger partial charge in [-0.1, -0.05) is 18.2 Å². The van der Waals surface area contributed by atoms with Crippen molar-refractivity contribution in [2.45, 2.75) is 6.10 Å². The van der Waals surface area contributed by atoms with Crippen LogP contribution in [0.15, 0.2) is 24.3 Å². The number of para-hydroxylation sites is 1. The molecule has 1 aromatic carbocycles. The molecule has 2 rings (SSSR count). The molecule has 0 radical (unpaired) electrons. The highest BCUT2D eigenvalue weighted by atomic mass is 16.6. The summed E-state index contributed by atoms with van der Waals surface area (Å²) in [6.45, 7) is 0. The molecule has 1 aliphatic heterocycles. The van der Waals surface area contributed by atoms with E-state index < -0.39 is 18.1 Å². The van der Waals surface area contributed by atoms with Crippen molar-refractivity contribution < 1.29 is 14.3 Å². The predicted octanol–water partition coefficient (Wildman–Crippen LogP) is 0.576. The molecule has 1 fully saturated rings. The van der Waals surface area contributed by atoms with E-state index in [9.17, 15) is 9.59 Å². The van der Waals surface area contributed by atoms with Gasteiger partial charge in [-0.2, -0.15) is 0 Å². The maximum Gasteiger partial charge on any atom is 0.415 e. The van der Waals surface area contributed by atoms with E-state index in [2.05, 4.69) is 0 Å². The Morgan fingerprint density at radius 1 is 1.29 bits per heavy atom. The van der Waals surface area contributed by atoms with Crippen molar-refractivity contribution in [1.29, 1.82) is 0 Å². The zero-order valence-corrected chi connectivity index (χ0v) is 7.19. The Hall–Kier alpha value is -2.04. The third-order valence-corrected chi connectivity index (χ3v) is 1.97. The van der Waals surface area contributed by atoms with Crippen LogP contribution in [-0.2, 0) is 9.53 Å². The van der Waals surface area contributed by atoms with Crippen molar-refractivity contribution in [1.82, 2.24) is 5.32 Å². The average Bonchev–Trinajstić information content (AvgIpc) is 2.46. The number of carbonyl (C=O) groups is 2. The highest BCUT2D eigenvalue weighted by molar-refractivity contribution is 6.01. The molecule has 1 aliphatic rings. The topological polar surface area (TPSA) is 81.4 Å². The van der Waals surface area contributed by atoms with Gasteiger partial charge >= 0.3 is 6.09 Å². The molecule has 1 saturated heterocycles. The summed E-state index contributed by atoms with van der Waals surface area (Å²) in [5.74, 6) is -0.479. The number of nitrogen functional groups attached to an aromatic ring is 1. The van der Waals surface area contributed by atoms with Crippen molar-refractivity contribution in [2.75, 3.05) is 5.73 Å². The van der Waals surface area contributed by atoms with Gasteiger partial charge in [0.1, 0.15) is 0 Å². The summed E-state index contributed by atoms with van der Waals surface area (Å²) < 4.78 is 4.76. The van der Waals surface area contributed by atoms with Crippen LogP contribution in [0.2, 0.25) is 0 Å². The second kappa shape index (κ2) is 3.02. The number of hydrogen-bond donors (Lipinski definition) is 2. The van der Waals surface area contributed by atoms with Gasteiger partial charge in [-0.25, -0.2) is 4.79 Å². The number of benzene rings is 1. The van der Waals surface area contributed by atoms with E-state index in [0.717, 1.165) is 0 Å². The number of nitrogens with two attached hydrogens (primary N) is 1. The maximum atomic E-state index is 11.2. The van der Waals surface area contributed by atoms with Crippen molar-refractivity contribution in [2.24, 2.45) is 0 Å². The standard InChI is InChI=1S/C9H8N2O3/c10-6-4-2-1-3-5(6)7-8(12)11-9(13)14-7/h1-4,7H,10H2,(H,11,12,13). The Balaban J connectivity index is 2.36. The van der Waals surface area contributed by atoms with Gasteiger partial charge in [0.25, 0.3) is 5.91 Å². The van der Waals surface area contributed by atoms with Gasteiger partial charge in [0.05, 0.1) is 0 Å². The van der Waals surface area contributed by atoms with Gasteiger partial charge in [-0.15, -0.1) is 0 Å². The predicted molar refractivity (Wildman–Crippen MR) is 48.2 cm³/mol. The van der Waals surface area contributed by atoms with Crippen LogP contribution in [0.5, 0.6) is 0 Å². The smallest absolute Gasteiger partial charge is 0.415 e. The molecule has 1 aromatic rings. The first kappa shape index (κ1) is 8.55. The van der Waals surface area contributed by atoms with E-state index in [0.29, 0.717) is 11.3 Å². The fourth-order valence-corrected chi connectivity index (χ4v) is 1.31. The molecule has 0 aromatic heterocycles. The van der Waals surface area contributed by atoms with E-state index in [4.69, 9.17) is 10.5 Å². The third kappa shape index (κ3) is 1.28. The maximum absolute atomic E-state index is 11.2. The minimum atomic E-state index is -0.913. The van der Waals surface area contributed by atoms with Crippen LogP contribution in [0.1, 0.15) is 11.7 Å². The summed E-state index contributed by atoms with van der Waals surface area (Å²) in [5.41, 5.74) is 6.58. The number of anilines is 1. The van der Waals surface area contributed by atoms with Crippen molar-refractivity contribution in [3.63, 3.8) is 0 Å². The first-order valence-corrected chi connectivity index (χ1v) is 4.04. The Morgan fingerprint density at radius 3 is 2.57 bits per heavy atom. The van der Waals surface area contributed by atoms with E-state index in [-0.39, 0.29) is 0 Å². The Labute approximate surface area is 79.8 Å². The van der Waals surface area contributed by atoms with Gasteiger partial charge in [-0.05, 0) is 6.07 Å². The van der Waals surface area contributed by atoms with E-state index in [1.54, 1.807) is 24.3 Å². The number of hydrogen-bond acceptors (Lipinski definition) is 4. The molecular formula is C9H8N2O3. The largest absolute Gasteiger partial charge is 0.431 e.